The summed E-state index contributed by atoms with van der Waals surface area (Å²) in [6.07, 6.45) is 0. The summed E-state index contributed by atoms with van der Waals surface area (Å²) >= 11 is 0. The van der Waals surface area contributed by atoms with Crippen LogP contribution >= 0.6 is 0 Å². The van der Waals surface area contributed by atoms with Gasteiger partial charge in [0, 0.05) is 6.54 Å². The first-order valence-electron chi connectivity index (χ1n) is 8.13. The number of phenolic OH excluding ortho intramolecular Hbond substituents is 1. The van der Waals surface area contributed by atoms with Crippen LogP contribution in [0, 0.1) is 0 Å². The summed E-state index contributed by atoms with van der Waals surface area (Å²) in [6.45, 7) is 0.136. The summed E-state index contributed by atoms with van der Waals surface area (Å²) in [5, 5.41) is 9.24. The minimum absolute atomic E-state index is 0.0159. The third-order valence-corrected chi connectivity index (χ3v) is 6.45. The van der Waals surface area contributed by atoms with Crippen LogP contribution in [0.4, 0.5) is 0 Å². The molecule has 3 rings (SSSR count). The minimum atomic E-state index is -4.10. The Morgan fingerprint density at radius 3 is 1.93 bits per heavy atom. The summed E-state index contributed by atoms with van der Waals surface area (Å²) in [5.41, 5.74) is 0.811. The Kier molecular flexibility index (Phi) is 5.68. The molecule has 0 spiro atoms. The molecule has 3 aromatic rings. The monoisotopic (exact) mass is 419 g/mol. The van der Waals surface area contributed by atoms with Crippen LogP contribution in [0.3, 0.4) is 0 Å². The zero-order valence-corrected chi connectivity index (χ0v) is 16.2. The van der Waals surface area contributed by atoms with E-state index in [1.54, 1.807) is 12.1 Å². The van der Waals surface area contributed by atoms with E-state index in [0.29, 0.717) is 0 Å². The fourth-order valence-electron chi connectivity index (χ4n) is 2.32. The average Bonchev–Trinajstić information content (AvgIpc) is 2.68. The number of nitrogens with one attached hydrogen (secondary N) is 1. The van der Waals surface area contributed by atoms with Crippen molar-refractivity contribution < 1.29 is 26.1 Å². The van der Waals surface area contributed by atoms with Gasteiger partial charge < -0.3 is 9.29 Å². The van der Waals surface area contributed by atoms with Crippen molar-refractivity contribution in [2.24, 2.45) is 0 Å². The van der Waals surface area contributed by atoms with Crippen molar-refractivity contribution in [2.45, 2.75) is 16.3 Å². The third-order valence-electron chi connectivity index (χ3n) is 3.77. The Bertz CT molecular complexity index is 1140. The molecule has 0 aliphatic carbocycles. The van der Waals surface area contributed by atoms with Gasteiger partial charge in [-0.1, -0.05) is 30.3 Å². The second-order valence-corrected chi connectivity index (χ2v) is 9.13. The lowest BCUT2D eigenvalue weighted by Crippen LogP contribution is -2.23. The van der Waals surface area contributed by atoms with Gasteiger partial charge >= 0.3 is 10.1 Å². The summed E-state index contributed by atoms with van der Waals surface area (Å²) in [5.74, 6) is -0.105. The van der Waals surface area contributed by atoms with E-state index in [-0.39, 0.29) is 27.8 Å². The van der Waals surface area contributed by atoms with Crippen LogP contribution in [0.2, 0.25) is 0 Å². The molecular formula is C19H17NO6S2. The first-order chi connectivity index (χ1) is 13.3. The predicted octanol–water partition coefficient (Wildman–Crippen LogP) is 2.64. The highest BCUT2D eigenvalue weighted by Crippen LogP contribution is 2.22. The topological polar surface area (TPSA) is 110 Å². The van der Waals surface area contributed by atoms with E-state index < -0.39 is 20.1 Å². The van der Waals surface area contributed by atoms with Crippen LogP contribution in [0.25, 0.3) is 0 Å². The smallest absolute Gasteiger partial charge is 0.339 e. The first-order valence-corrected chi connectivity index (χ1v) is 11.0. The highest BCUT2D eigenvalue weighted by atomic mass is 32.2. The number of rotatable bonds is 7. The molecule has 7 nitrogen and oxygen atoms in total. The van der Waals surface area contributed by atoms with Crippen molar-refractivity contribution in [2.75, 3.05) is 0 Å². The van der Waals surface area contributed by atoms with Crippen molar-refractivity contribution in [1.29, 1.82) is 0 Å². The molecule has 2 N–H and O–H groups in total. The van der Waals surface area contributed by atoms with Gasteiger partial charge in [-0.15, -0.1) is 0 Å². The third kappa shape index (κ3) is 4.89. The van der Waals surface area contributed by atoms with Gasteiger partial charge in [-0.05, 0) is 54.1 Å². The summed E-state index contributed by atoms with van der Waals surface area (Å²) < 4.78 is 56.6. The standard InChI is InChI=1S/C19H17NO6S2/c21-16-6-10-19(11-7-16)28(24,25)26-17-8-12-18(13-9-17)27(22,23)20-14-15-4-2-1-3-5-15/h1-13,20-21H,14H2. The SMILES string of the molecule is O=S(=O)(NCc1ccccc1)c1ccc(OS(=O)(=O)c2ccc(O)cc2)cc1. The lowest BCUT2D eigenvalue weighted by atomic mass is 10.2. The van der Waals surface area contributed by atoms with Crippen molar-refractivity contribution in [3.63, 3.8) is 0 Å². The molecular weight excluding hydrogens is 402 g/mol. The Hall–Kier alpha value is -2.88. The van der Waals surface area contributed by atoms with Gasteiger partial charge in [0.05, 0.1) is 4.90 Å². The maximum Gasteiger partial charge on any atom is 0.339 e. The van der Waals surface area contributed by atoms with Crippen LogP contribution in [0.15, 0.2) is 88.7 Å². The normalized spacial score (nSPS) is 11.9. The van der Waals surface area contributed by atoms with Crippen LogP contribution in [0.1, 0.15) is 5.56 Å². The number of hydrogen-bond donors (Lipinski definition) is 2. The molecule has 0 atom stereocenters. The highest BCUT2D eigenvalue weighted by Gasteiger charge is 2.18. The number of phenols is 1. The molecule has 9 heteroatoms. The Balaban J connectivity index is 1.71. The fraction of sp³-hybridized carbons (Fsp3) is 0.0526. The Morgan fingerprint density at radius 2 is 1.32 bits per heavy atom. The van der Waals surface area contributed by atoms with E-state index in [9.17, 15) is 21.9 Å². The molecule has 3 aromatic carbocycles. The molecule has 0 heterocycles. The molecule has 0 saturated heterocycles. The minimum Gasteiger partial charge on any atom is -0.508 e. The molecule has 0 amide bonds. The second-order valence-electron chi connectivity index (χ2n) is 5.81. The van der Waals surface area contributed by atoms with E-state index in [2.05, 4.69) is 4.72 Å². The summed E-state index contributed by atoms with van der Waals surface area (Å²) in [7, 11) is -7.86. The summed E-state index contributed by atoms with van der Waals surface area (Å²) in [4.78, 5) is -0.149. The van der Waals surface area contributed by atoms with E-state index in [1.165, 1.54) is 48.5 Å². The zero-order valence-electron chi connectivity index (χ0n) is 14.5. The van der Waals surface area contributed by atoms with Gasteiger partial charge in [0.15, 0.2) is 0 Å². The van der Waals surface area contributed by atoms with E-state index >= 15 is 0 Å². The van der Waals surface area contributed by atoms with Gasteiger partial charge in [0.1, 0.15) is 16.4 Å². The molecule has 0 fully saturated rings. The molecule has 0 unspecified atom stereocenters. The molecule has 0 aliphatic heterocycles. The van der Waals surface area contributed by atoms with E-state index in [0.717, 1.165) is 5.56 Å². The van der Waals surface area contributed by atoms with Crippen LogP contribution in [-0.4, -0.2) is 21.9 Å². The fourth-order valence-corrected chi connectivity index (χ4v) is 4.27. The molecule has 146 valence electrons. The van der Waals surface area contributed by atoms with E-state index in [4.69, 9.17) is 4.18 Å². The number of sulfonamides is 1. The van der Waals surface area contributed by atoms with Gasteiger partial charge in [-0.2, -0.15) is 8.42 Å². The maximum atomic E-state index is 12.4. The van der Waals surface area contributed by atoms with Crippen LogP contribution in [0.5, 0.6) is 11.5 Å². The maximum absolute atomic E-state index is 12.4. The average molecular weight is 419 g/mol. The molecule has 0 aliphatic rings. The van der Waals surface area contributed by atoms with Gasteiger partial charge in [0.25, 0.3) is 0 Å². The number of benzene rings is 3. The van der Waals surface area contributed by atoms with Gasteiger partial charge in [0.2, 0.25) is 10.0 Å². The Labute approximate surface area is 163 Å². The highest BCUT2D eigenvalue weighted by molar-refractivity contribution is 7.89. The van der Waals surface area contributed by atoms with Crippen LogP contribution in [-0.2, 0) is 26.7 Å². The van der Waals surface area contributed by atoms with E-state index in [1.807, 2.05) is 18.2 Å². The molecule has 0 bridgehead atoms. The lowest BCUT2D eigenvalue weighted by molar-refractivity contribution is 0.473. The zero-order chi connectivity index (χ0) is 20.2. The molecule has 0 aromatic heterocycles. The van der Waals surface area contributed by atoms with Crippen LogP contribution < -0.4 is 8.91 Å². The second kappa shape index (κ2) is 8.01. The number of hydrogen-bond acceptors (Lipinski definition) is 6. The molecule has 28 heavy (non-hydrogen) atoms. The lowest BCUT2D eigenvalue weighted by Gasteiger charge is -2.09. The van der Waals surface area contributed by atoms with Gasteiger partial charge in [-0.25, -0.2) is 13.1 Å². The predicted molar refractivity (Wildman–Crippen MR) is 103 cm³/mol. The largest absolute Gasteiger partial charge is 0.508 e. The molecule has 0 radical (unpaired) electrons. The van der Waals surface area contributed by atoms with Gasteiger partial charge in [-0.3, -0.25) is 0 Å². The van der Waals surface area contributed by atoms with Crippen molar-refractivity contribution >= 4 is 20.1 Å². The van der Waals surface area contributed by atoms with Crippen molar-refractivity contribution in [3.8, 4) is 11.5 Å². The van der Waals surface area contributed by atoms with Crippen molar-refractivity contribution in [1.82, 2.24) is 4.72 Å². The first kappa shape index (κ1) is 19.9. The quantitative estimate of drug-likeness (QED) is 0.570. The van der Waals surface area contributed by atoms with Crippen molar-refractivity contribution in [3.05, 3.63) is 84.4 Å². The number of aromatic hydroxyl groups is 1. The Morgan fingerprint density at radius 1 is 0.750 bits per heavy atom. The molecule has 0 saturated carbocycles. The summed E-state index contributed by atoms with van der Waals surface area (Å²) in [6, 6.07) is 19.0.